The Kier molecular flexibility index (Phi) is 5.26. The van der Waals surface area contributed by atoms with Crippen molar-refractivity contribution < 1.29 is 4.79 Å². The Morgan fingerprint density at radius 1 is 1.19 bits per heavy atom. The minimum absolute atomic E-state index is 0.000522. The number of benzene rings is 1. The third-order valence-electron chi connectivity index (χ3n) is 5.31. The number of amides is 1. The van der Waals surface area contributed by atoms with Crippen LogP contribution in [0.2, 0.25) is 0 Å². The molecule has 3 N–H and O–H groups in total. The molecule has 2 atom stereocenters. The Morgan fingerprint density at radius 2 is 2.08 bits per heavy atom. The number of nitrogens with zero attached hydrogens (tertiary/aromatic N) is 3. The fourth-order valence-electron chi connectivity index (χ4n) is 3.88. The maximum atomic E-state index is 12.7. The second-order valence-electron chi connectivity index (χ2n) is 7.06. The van der Waals surface area contributed by atoms with Crippen LogP contribution >= 0.6 is 0 Å². The highest BCUT2D eigenvalue weighted by atomic mass is 16.2. The Balaban J connectivity index is 1.34. The summed E-state index contributed by atoms with van der Waals surface area (Å²) in [6.45, 7) is 2.22. The highest BCUT2D eigenvalue weighted by Gasteiger charge is 2.33. The van der Waals surface area contributed by atoms with Crippen molar-refractivity contribution in [2.24, 2.45) is 5.92 Å². The first-order chi connectivity index (χ1) is 12.8. The van der Waals surface area contributed by atoms with Gasteiger partial charge in [0.25, 0.3) is 0 Å². The van der Waals surface area contributed by atoms with Gasteiger partial charge in [0.15, 0.2) is 0 Å². The van der Waals surface area contributed by atoms with Crippen molar-refractivity contribution in [3.63, 3.8) is 0 Å². The van der Waals surface area contributed by atoms with E-state index in [0.29, 0.717) is 13.1 Å². The van der Waals surface area contributed by atoms with E-state index in [1.54, 1.807) is 0 Å². The summed E-state index contributed by atoms with van der Waals surface area (Å²) >= 11 is 0. The second-order valence-corrected chi connectivity index (χ2v) is 7.06. The number of aryl methyl sites for hydroxylation is 1. The number of nitrogens with one attached hydrogen (secondary N) is 3. The number of aromatic nitrogens is 3. The zero-order chi connectivity index (χ0) is 17.8. The van der Waals surface area contributed by atoms with Crippen LogP contribution in [0.3, 0.4) is 0 Å². The van der Waals surface area contributed by atoms with Gasteiger partial charge in [0, 0.05) is 32.5 Å². The first-order valence-corrected chi connectivity index (χ1v) is 9.55. The third kappa shape index (κ3) is 3.64. The molecule has 0 spiro atoms. The van der Waals surface area contributed by atoms with Crippen LogP contribution in [-0.2, 0) is 24.2 Å². The third-order valence-corrected chi connectivity index (χ3v) is 5.31. The molecule has 7 nitrogen and oxygen atoms in total. The summed E-state index contributed by atoms with van der Waals surface area (Å²) in [6, 6.07) is 10.1. The highest BCUT2D eigenvalue weighted by Crippen LogP contribution is 2.24. The number of rotatable bonds is 5. The maximum absolute atomic E-state index is 12.7. The average molecular weight is 354 g/mol. The molecule has 1 saturated heterocycles. The molecule has 138 valence electrons. The number of hydrogen-bond donors (Lipinski definition) is 3. The van der Waals surface area contributed by atoms with Crippen molar-refractivity contribution in [3.05, 3.63) is 47.5 Å². The summed E-state index contributed by atoms with van der Waals surface area (Å²) in [5, 5.41) is 11.7. The number of carbonyl (C=O) groups is 1. The molecule has 3 heterocycles. The number of carbonyl (C=O) groups excluding carboxylic acids is 1. The standard InChI is InChI=1S/C19H26N6O/c26-19(15-13-21-24-18(15)14-7-3-1-4-8-14)20-11-10-17-23-22-16-9-5-2-6-12-25(16)17/h1,3-4,7-8,15,18,21,24H,2,5-6,9-13H2,(H,20,26). The molecule has 26 heavy (non-hydrogen) atoms. The quantitative estimate of drug-likeness (QED) is 0.750. The number of fused-ring (bicyclic) bond motifs is 1. The van der Waals surface area contributed by atoms with Crippen LogP contribution in [0, 0.1) is 5.92 Å². The van der Waals surface area contributed by atoms with Crippen molar-refractivity contribution in [2.75, 3.05) is 13.1 Å². The molecule has 2 aliphatic rings. The fourth-order valence-corrected chi connectivity index (χ4v) is 3.88. The predicted octanol–water partition coefficient (Wildman–Crippen LogP) is 1.13. The largest absolute Gasteiger partial charge is 0.355 e. The molecule has 0 radical (unpaired) electrons. The van der Waals surface area contributed by atoms with E-state index in [4.69, 9.17) is 0 Å². The van der Waals surface area contributed by atoms with Gasteiger partial charge in [0.1, 0.15) is 11.6 Å². The van der Waals surface area contributed by atoms with E-state index in [2.05, 4.69) is 43.1 Å². The van der Waals surface area contributed by atoms with Crippen molar-refractivity contribution in [2.45, 2.75) is 44.7 Å². The Hall–Kier alpha value is -2.25. The maximum Gasteiger partial charge on any atom is 0.226 e. The minimum Gasteiger partial charge on any atom is -0.355 e. The summed E-state index contributed by atoms with van der Waals surface area (Å²) < 4.78 is 2.24. The molecule has 0 aliphatic carbocycles. The first kappa shape index (κ1) is 17.2. The van der Waals surface area contributed by atoms with Gasteiger partial charge in [-0.05, 0) is 18.4 Å². The SMILES string of the molecule is O=C(NCCc1nnc2n1CCCCC2)C1CNNC1c1ccccc1. The Labute approximate surface area is 153 Å². The molecule has 0 saturated carbocycles. The van der Waals surface area contributed by atoms with E-state index in [1.165, 1.54) is 19.3 Å². The molecule has 1 aromatic carbocycles. The fraction of sp³-hybridized carbons (Fsp3) is 0.526. The topological polar surface area (TPSA) is 83.9 Å². The minimum atomic E-state index is -0.118. The number of hydrazine groups is 1. The average Bonchev–Trinajstić information content (AvgIpc) is 3.24. The lowest BCUT2D eigenvalue weighted by Crippen LogP contribution is -2.36. The first-order valence-electron chi connectivity index (χ1n) is 9.55. The lowest BCUT2D eigenvalue weighted by atomic mass is 9.94. The number of hydrogen-bond acceptors (Lipinski definition) is 5. The lowest BCUT2D eigenvalue weighted by molar-refractivity contribution is -0.124. The Bertz CT molecular complexity index is 744. The van der Waals surface area contributed by atoms with Gasteiger partial charge >= 0.3 is 0 Å². The normalized spacial score (nSPS) is 22.6. The smallest absolute Gasteiger partial charge is 0.226 e. The van der Waals surface area contributed by atoms with E-state index in [-0.39, 0.29) is 17.9 Å². The van der Waals surface area contributed by atoms with Gasteiger partial charge in [0.2, 0.25) is 5.91 Å². The highest BCUT2D eigenvalue weighted by molar-refractivity contribution is 5.80. The van der Waals surface area contributed by atoms with Crippen LogP contribution in [0.4, 0.5) is 0 Å². The summed E-state index contributed by atoms with van der Waals surface area (Å²) in [5.74, 6) is 2.04. The molecule has 4 rings (SSSR count). The van der Waals surface area contributed by atoms with E-state index in [1.807, 2.05) is 18.2 Å². The molecular formula is C19H26N6O. The molecule has 2 unspecified atom stereocenters. The van der Waals surface area contributed by atoms with Crippen LogP contribution in [0.1, 0.15) is 42.5 Å². The van der Waals surface area contributed by atoms with Gasteiger partial charge in [-0.1, -0.05) is 36.8 Å². The van der Waals surface area contributed by atoms with Crippen molar-refractivity contribution in [1.82, 2.24) is 30.9 Å². The zero-order valence-electron chi connectivity index (χ0n) is 14.9. The van der Waals surface area contributed by atoms with Gasteiger partial charge in [-0.3, -0.25) is 10.2 Å². The van der Waals surface area contributed by atoms with Crippen LogP contribution in [0.25, 0.3) is 0 Å². The van der Waals surface area contributed by atoms with Crippen LogP contribution in [0.5, 0.6) is 0 Å². The molecule has 2 aromatic rings. The molecular weight excluding hydrogens is 328 g/mol. The lowest BCUT2D eigenvalue weighted by Gasteiger charge is -2.18. The molecule has 1 aromatic heterocycles. The summed E-state index contributed by atoms with van der Waals surface area (Å²) in [5.41, 5.74) is 7.46. The van der Waals surface area contributed by atoms with Gasteiger partial charge in [-0.15, -0.1) is 10.2 Å². The van der Waals surface area contributed by atoms with E-state index >= 15 is 0 Å². The zero-order valence-corrected chi connectivity index (χ0v) is 14.9. The van der Waals surface area contributed by atoms with Gasteiger partial charge in [0.05, 0.1) is 12.0 Å². The van der Waals surface area contributed by atoms with E-state index < -0.39 is 0 Å². The molecule has 2 aliphatic heterocycles. The van der Waals surface area contributed by atoms with Crippen molar-refractivity contribution in [1.29, 1.82) is 0 Å². The molecule has 1 fully saturated rings. The predicted molar refractivity (Wildman–Crippen MR) is 98.1 cm³/mol. The van der Waals surface area contributed by atoms with E-state index in [9.17, 15) is 4.79 Å². The van der Waals surface area contributed by atoms with E-state index in [0.717, 1.165) is 36.6 Å². The van der Waals surface area contributed by atoms with Gasteiger partial charge in [-0.25, -0.2) is 5.43 Å². The van der Waals surface area contributed by atoms with Crippen LogP contribution < -0.4 is 16.2 Å². The summed E-state index contributed by atoms with van der Waals surface area (Å²) in [7, 11) is 0. The Morgan fingerprint density at radius 3 is 2.96 bits per heavy atom. The summed E-state index contributed by atoms with van der Waals surface area (Å²) in [6.07, 6.45) is 5.36. The van der Waals surface area contributed by atoms with Crippen molar-refractivity contribution >= 4 is 5.91 Å². The monoisotopic (exact) mass is 354 g/mol. The van der Waals surface area contributed by atoms with Gasteiger partial charge in [-0.2, -0.15) is 0 Å². The molecule has 7 heteroatoms. The van der Waals surface area contributed by atoms with Crippen molar-refractivity contribution in [3.8, 4) is 0 Å². The van der Waals surface area contributed by atoms with Crippen LogP contribution in [-0.4, -0.2) is 33.8 Å². The van der Waals surface area contributed by atoms with Gasteiger partial charge < -0.3 is 9.88 Å². The molecule has 1 amide bonds. The molecule has 0 bridgehead atoms. The second kappa shape index (κ2) is 7.97. The van der Waals surface area contributed by atoms with Crippen LogP contribution in [0.15, 0.2) is 30.3 Å². The summed E-state index contributed by atoms with van der Waals surface area (Å²) in [4.78, 5) is 12.7.